The van der Waals surface area contributed by atoms with Gasteiger partial charge in [0, 0.05) is 49.3 Å². The number of rotatable bonds is 36. The number of carbonyl (C=O) groups is 14. The van der Waals surface area contributed by atoms with Gasteiger partial charge in [0.25, 0.3) is 0 Å². The normalized spacial score (nSPS) is 15.7. The van der Waals surface area contributed by atoms with Gasteiger partial charge in [-0.2, -0.15) is 0 Å². The van der Waals surface area contributed by atoms with Crippen molar-refractivity contribution in [2.24, 2.45) is 45.5 Å². The van der Waals surface area contributed by atoms with Crippen LogP contribution in [0.15, 0.2) is 35.5 Å². The number of primary amides is 3. The third kappa shape index (κ3) is 23.6. The van der Waals surface area contributed by atoms with Gasteiger partial charge in [-0.25, -0.2) is 4.79 Å². The van der Waals surface area contributed by atoms with Crippen LogP contribution < -0.4 is 81.8 Å². The second-order valence-electron chi connectivity index (χ2n) is 20.9. The van der Waals surface area contributed by atoms with Crippen LogP contribution in [0.3, 0.4) is 0 Å². The van der Waals surface area contributed by atoms with Gasteiger partial charge >= 0.3 is 5.97 Å². The number of carboxylic acid groups (broad SMARTS) is 1. The number of nitrogens with two attached hydrogens (primary N) is 5. The monoisotopic (exact) mass is 1180 g/mol. The Labute approximate surface area is 483 Å². The molecular formula is C52H79N17O15. The second-order valence-corrected chi connectivity index (χ2v) is 20.9. The number of benzene rings is 1. The van der Waals surface area contributed by atoms with E-state index in [-0.39, 0.29) is 75.7 Å². The Bertz CT molecular complexity index is 2780. The molecule has 84 heavy (non-hydrogen) atoms. The molecule has 1 aliphatic rings. The van der Waals surface area contributed by atoms with Crippen LogP contribution in [0.4, 0.5) is 0 Å². The van der Waals surface area contributed by atoms with Crippen LogP contribution in [0.2, 0.25) is 0 Å². The lowest BCUT2D eigenvalue weighted by atomic mass is 10.0. The summed E-state index contributed by atoms with van der Waals surface area (Å²) in [6.07, 6.45) is -1.01. The lowest BCUT2D eigenvalue weighted by molar-refractivity contribution is -0.143. The quantitative estimate of drug-likeness (QED) is 0.0172. The van der Waals surface area contributed by atoms with Crippen molar-refractivity contribution in [1.82, 2.24) is 58.2 Å². The second kappa shape index (κ2) is 33.5. The first-order chi connectivity index (χ1) is 39.4. The molecule has 462 valence electrons. The Kier molecular flexibility index (Phi) is 27.5. The number of aromatic amines is 1. The number of carbonyl (C=O) groups excluding carboxylic acids is 13. The van der Waals surface area contributed by atoms with E-state index >= 15 is 0 Å². The number of para-hydroxylation sites is 1. The molecule has 0 bridgehead atoms. The molecule has 1 aliphatic heterocycles. The summed E-state index contributed by atoms with van der Waals surface area (Å²) < 4.78 is 0. The van der Waals surface area contributed by atoms with E-state index in [4.69, 9.17) is 28.7 Å². The third-order valence-electron chi connectivity index (χ3n) is 13.0. The zero-order valence-corrected chi connectivity index (χ0v) is 47.4. The van der Waals surface area contributed by atoms with Crippen molar-refractivity contribution in [3.05, 3.63) is 36.0 Å². The summed E-state index contributed by atoms with van der Waals surface area (Å²) in [6.45, 7) is 6.97. The summed E-state index contributed by atoms with van der Waals surface area (Å²) in [4.78, 5) is 190. The molecule has 0 aliphatic carbocycles. The topological polar surface area (TPSA) is 538 Å². The lowest BCUT2D eigenvalue weighted by Crippen LogP contribution is -2.59. The molecule has 0 spiro atoms. The molecule has 13 amide bonds. The summed E-state index contributed by atoms with van der Waals surface area (Å²) in [6, 6.07) is -5.87. The highest BCUT2D eigenvalue weighted by Gasteiger charge is 2.36. The number of aliphatic imine (C=N–C) groups is 1. The van der Waals surface area contributed by atoms with Crippen molar-refractivity contribution in [2.75, 3.05) is 13.1 Å². The largest absolute Gasteiger partial charge is 0.480 e. The van der Waals surface area contributed by atoms with Crippen LogP contribution in [0.25, 0.3) is 10.9 Å². The Morgan fingerprint density at radius 2 is 1.18 bits per heavy atom. The van der Waals surface area contributed by atoms with E-state index in [1.54, 1.807) is 58.2 Å². The molecule has 1 aromatic heterocycles. The maximum atomic E-state index is 14.2. The average Bonchev–Trinajstić information content (AvgIpc) is 4.27. The minimum atomic E-state index is -1.83. The van der Waals surface area contributed by atoms with Crippen LogP contribution in [0.1, 0.15) is 104 Å². The molecule has 2 heterocycles. The number of guanidine groups is 1. The highest BCUT2D eigenvalue weighted by atomic mass is 16.4. The highest BCUT2D eigenvalue weighted by Crippen LogP contribution is 2.20. The number of carboxylic acids is 1. The van der Waals surface area contributed by atoms with Gasteiger partial charge in [0.15, 0.2) is 5.96 Å². The van der Waals surface area contributed by atoms with Gasteiger partial charge in [0.05, 0.1) is 13.0 Å². The Morgan fingerprint density at radius 3 is 1.71 bits per heavy atom. The highest BCUT2D eigenvalue weighted by molar-refractivity contribution is 6.00. The maximum Gasteiger partial charge on any atom is 0.326 e. The number of hydrogen-bond donors (Lipinski definition) is 17. The molecule has 32 nitrogen and oxygen atoms in total. The fourth-order valence-corrected chi connectivity index (χ4v) is 8.61. The molecule has 1 saturated heterocycles. The molecule has 1 fully saturated rings. The number of hydrogen-bond acceptors (Lipinski definition) is 15. The average molecular weight is 1180 g/mol. The van der Waals surface area contributed by atoms with Gasteiger partial charge < -0.3 is 91.9 Å². The van der Waals surface area contributed by atoms with Crippen molar-refractivity contribution in [3.63, 3.8) is 0 Å². The van der Waals surface area contributed by atoms with Crippen LogP contribution >= 0.6 is 0 Å². The summed E-state index contributed by atoms with van der Waals surface area (Å²) >= 11 is 0. The van der Waals surface area contributed by atoms with Crippen LogP contribution in [-0.2, 0) is 73.5 Å². The number of fused-ring (bicyclic) bond motifs is 1. The van der Waals surface area contributed by atoms with Crippen LogP contribution in [0.5, 0.6) is 0 Å². The van der Waals surface area contributed by atoms with Crippen molar-refractivity contribution < 1.29 is 72.2 Å². The number of nitrogens with zero attached hydrogens (tertiary/aromatic N) is 1. The van der Waals surface area contributed by atoms with E-state index in [1.807, 2.05) is 0 Å². The molecule has 0 saturated carbocycles. The van der Waals surface area contributed by atoms with E-state index in [0.29, 0.717) is 16.5 Å². The van der Waals surface area contributed by atoms with Crippen molar-refractivity contribution in [1.29, 1.82) is 0 Å². The van der Waals surface area contributed by atoms with Gasteiger partial charge in [0.1, 0.15) is 54.4 Å². The number of aromatic nitrogens is 1. The predicted molar refractivity (Wildman–Crippen MR) is 300 cm³/mol. The molecule has 3 rings (SSSR count). The van der Waals surface area contributed by atoms with Gasteiger partial charge in [0.2, 0.25) is 76.8 Å². The van der Waals surface area contributed by atoms with E-state index in [2.05, 4.69) is 63.1 Å². The van der Waals surface area contributed by atoms with Gasteiger partial charge in [-0.05, 0) is 68.9 Å². The smallest absolute Gasteiger partial charge is 0.326 e. The molecule has 1 aromatic carbocycles. The van der Waals surface area contributed by atoms with Gasteiger partial charge in [-0.15, -0.1) is 0 Å². The molecule has 0 unspecified atom stereocenters. The van der Waals surface area contributed by atoms with Gasteiger partial charge in [-0.1, -0.05) is 45.9 Å². The van der Waals surface area contributed by atoms with Gasteiger partial charge in [-0.3, -0.25) is 67.3 Å². The Balaban J connectivity index is 1.83. The zero-order chi connectivity index (χ0) is 63.0. The first-order valence-corrected chi connectivity index (χ1v) is 27.1. The van der Waals surface area contributed by atoms with Crippen LogP contribution in [-0.4, -0.2) is 166 Å². The fraction of sp³-hybridized carbons (Fsp3) is 0.558. The number of nitrogens with one attached hydrogen (secondary N) is 11. The van der Waals surface area contributed by atoms with E-state index in [0.717, 1.165) is 0 Å². The summed E-state index contributed by atoms with van der Waals surface area (Å²) in [7, 11) is 0. The predicted octanol–water partition coefficient (Wildman–Crippen LogP) is -5.75. The van der Waals surface area contributed by atoms with Crippen molar-refractivity contribution >= 4 is 99.6 Å². The molecule has 32 heteroatoms. The minimum absolute atomic E-state index is 0.00132. The standard InChI is InChI=1S/C52H79N17O15/c1-24(2)19-34(67-45(77)30(11-8-18-58-52(56)57)64-47(79)32(12-15-37(53)70)65-46(78)31-14-17-40(73)62-31)44(76)60-23-41(74)63-36(21-39(55)72)50(82)66-33(13-16-38(54)71)48(80)68-35(20-27-22-59-29-10-7-6-9-28(27)29)49(81)61-26(5)43(75)69-42(25(3)4)51(83)84/h6-7,9-10,22,24-26,30-36,42,59H,8,11-21,23H2,1-5H3,(H2,53,70)(H2,54,71)(H2,55,72)(H,60,76)(H,61,81)(H,62,73)(H,63,74)(H,64,79)(H,65,78)(H,66,82)(H,67,77)(H,68,80)(H,69,75)(H,83,84)(H4,56,57,58)/t26-,30-,31-,32-,33-,34-,35-,36-,42-/m0/s1. The number of H-pyrrole nitrogens is 1. The van der Waals surface area contributed by atoms with E-state index in [9.17, 15) is 72.2 Å². The lowest BCUT2D eigenvalue weighted by Gasteiger charge is -2.27. The van der Waals surface area contributed by atoms with E-state index in [1.165, 1.54) is 6.92 Å². The number of amides is 13. The third-order valence-corrected chi connectivity index (χ3v) is 13.0. The van der Waals surface area contributed by atoms with Crippen molar-refractivity contribution in [3.8, 4) is 0 Å². The SMILES string of the molecule is CC(C)C[C@H](NC(=O)[C@H](CCCN=C(N)N)NC(=O)[C@H](CCC(N)=O)NC(=O)[C@@H]1CCC(=O)N1)C(=O)NCC(=O)N[C@@H](CC(N)=O)C(=O)N[C@@H](CCC(N)=O)C(=O)N[C@@H](Cc1c[nH]c2ccccc12)C(=O)N[C@@H](C)C(=O)N[C@H](C(=O)O)C(C)C. The fourth-order valence-electron chi connectivity index (χ4n) is 8.61. The zero-order valence-electron chi connectivity index (χ0n) is 47.4. The van der Waals surface area contributed by atoms with Crippen LogP contribution in [0, 0.1) is 11.8 Å². The minimum Gasteiger partial charge on any atom is -0.480 e. The Hall–Kier alpha value is -9.39. The molecule has 9 atom stereocenters. The molecule has 2 aromatic rings. The van der Waals surface area contributed by atoms with E-state index < -0.39 is 163 Å². The first-order valence-electron chi connectivity index (χ1n) is 27.1. The summed E-state index contributed by atoms with van der Waals surface area (Å²) in [5.41, 5.74) is 28.3. The molecule has 0 radical (unpaired) electrons. The first kappa shape index (κ1) is 68.9. The maximum absolute atomic E-state index is 14.2. The Morgan fingerprint density at radius 1 is 0.631 bits per heavy atom. The molecular weight excluding hydrogens is 1100 g/mol. The number of aliphatic carboxylic acids is 1. The van der Waals surface area contributed by atoms with Crippen molar-refractivity contribution in [2.45, 2.75) is 160 Å². The summed E-state index contributed by atoms with van der Waals surface area (Å²) in [5, 5.41) is 34.7. The summed E-state index contributed by atoms with van der Waals surface area (Å²) in [5.74, 6) is -14.2. The molecule has 22 N–H and O–H groups in total.